The summed E-state index contributed by atoms with van der Waals surface area (Å²) in [6.07, 6.45) is 0. The fourth-order valence-corrected chi connectivity index (χ4v) is 2.96. The molecule has 23 heavy (non-hydrogen) atoms. The normalized spacial score (nSPS) is 11.8. The Kier molecular flexibility index (Phi) is 5.39. The fourth-order valence-electron chi connectivity index (χ4n) is 2.23. The summed E-state index contributed by atoms with van der Waals surface area (Å²) in [6, 6.07) is 7.17. The van der Waals surface area contributed by atoms with Crippen LogP contribution in [0.5, 0.6) is 5.75 Å². The predicted molar refractivity (Wildman–Crippen MR) is 89.6 cm³/mol. The van der Waals surface area contributed by atoms with Crippen LogP contribution in [-0.2, 0) is 0 Å². The molecule has 1 aromatic heterocycles. The molecule has 1 atom stereocenters. The van der Waals surface area contributed by atoms with Gasteiger partial charge in [-0.2, -0.15) is 0 Å². The second-order valence-electron chi connectivity index (χ2n) is 5.37. The summed E-state index contributed by atoms with van der Waals surface area (Å²) in [5.41, 5.74) is 2.26. The molecular weight excluding hydrogens is 314 g/mol. The van der Waals surface area contributed by atoms with E-state index in [1.54, 1.807) is 5.38 Å². The highest BCUT2D eigenvalue weighted by Gasteiger charge is 2.19. The number of amides is 1. The molecule has 0 aliphatic rings. The molecule has 0 spiro atoms. The van der Waals surface area contributed by atoms with Crippen LogP contribution in [0, 0.1) is 13.8 Å². The molecule has 0 fully saturated rings. The molecule has 1 aromatic carbocycles. The molecule has 1 amide bonds. The third-order valence-corrected chi connectivity index (χ3v) is 4.27. The van der Waals surface area contributed by atoms with E-state index in [0.29, 0.717) is 6.61 Å². The van der Waals surface area contributed by atoms with E-state index in [4.69, 9.17) is 9.84 Å². The number of thiophene rings is 1. The number of benzene rings is 1. The van der Waals surface area contributed by atoms with Crippen molar-refractivity contribution in [3.05, 3.63) is 51.2 Å². The number of rotatable bonds is 6. The van der Waals surface area contributed by atoms with Crippen molar-refractivity contribution in [2.75, 3.05) is 6.61 Å². The van der Waals surface area contributed by atoms with Gasteiger partial charge in [0.15, 0.2) is 0 Å². The zero-order valence-electron chi connectivity index (χ0n) is 13.3. The smallest absolute Gasteiger partial charge is 0.346 e. The Bertz CT molecular complexity index is 703. The van der Waals surface area contributed by atoms with Gasteiger partial charge in [0.2, 0.25) is 0 Å². The Morgan fingerprint density at radius 1 is 1.26 bits per heavy atom. The molecule has 2 N–H and O–H groups in total. The molecule has 0 aliphatic carbocycles. The van der Waals surface area contributed by atoms with Crippen molar-refractivity contribution in [3.8, 4) is 5.75 Å². The van der Waals surface area contributed by atoms with E-state index in [0.717, 1.165) is 28.2 Å². The van der Waals surface area contributed by atoms with Crippen LogP contribution in [0.3, 0.4) is 0 Å². The first kappa shape index (κ1) is 17.0. The van der Waals surface area contributed by atoms with Crippen molar-refractivity contribution >= 4 is 23.2 Å². The maximum absolute atomic E-state index is 12.2. The van der Waals surface area contributed by atoms with E-state index in [-0.39, 0.29) is 16.5 Å². The SMILES string of the molecule is Cc1cccc(C)c1OCC(C)NC(=O)c1ccsc1C(=O)O. The van der Waals surface area contributed by atoms with Crippen LogP contribution >= 0.6 is 11.3 Å². The van der Waals surface area contributed by atoms with Crippen molar-refractivity contribution in [3.63, 3.8) is 0 Å². The molecule has 0 aliphatic heterocycles. The predicted octanol–water partition coefficient (Wildman–Crippen LogP) is 3.26. The topological polar surface area (TPSA) is 75.6 Å². The van der Waals surface area contributed by atoms with Gasteiger partial charge in [-0.1, -0.05) is 18.2 Å². The monoisotopic (exact) mass is 333 g/mol. The highest BCUT2D eigenvalue weighted by atomic mass is 32.1. The number of carboxylic acid groups (broad SMARTS) is 1. The highest BCUT2D eigenvalue weighted by Crippen LogP contribution is 2.22. The van der Waals surface area contributed by atoms with Crippen LogP contribution in [0.1, 0.15) is 38.1 Å². The van der Waals surface area contributed by atoms with Crippen LogP contribution in [0.25, 0.3) is 0 Å². The number of hydrogen-bond donors (Lipinski definition) is 2. The van der Waals surface area contributed by atoms with Gasteiger partial charge in [-0.25, -0.2) is 4.79 Å². The van der Waals surface area contributed by atoms with Gasteiger partial charge in [-0.05, 0) is 43.3 Å². The molecule has 2 aromatic rings. The van der Waals surface area contributed by atoms with Gasteiger partial charge < -0.3 is 15.2 Å². The number of ether oxygens (including phenoxy) is 1. The lowest BCUT2D eigenvalue weighted by molar-refractivity contribution is 0.0696. The minimum atomic E-state index is -1.09. The Hall–Kier alpha value is -2.34. The van der Waals surface area contributed by atoms with Crippen LogP contribution in [0.4, 0.5) is 0 Å². The minimum Gasteiger partial charge on any atom is -0.491 e. The Balaban J connectivity index is 1.97. The quantitative estimate of drug-likeness (QED) is 0.851. The number of hydrogen-bond acceptors (Lipinski definition) is 4. The molecule has 0 saturated carbocycles. The van der Waals surface area contributed by atoms with E-state index in [1.807, 2.05) is 39.0 Å². The second kappa shape index (κ2) is 7.28. The maximum atomic E-state index is 12.2. The standard InChI is InChI=1S/C17H19NO4S/c1-10-5-4-6-11(2)14(10)22-9-12(3)18-16(19)13-7-8-23-15(13)17(20)21/h4-8,12H,9H2,1-3H3,(H,18,19)(H,20,21). The lowest BCUT2D eigenvalue weighted by Crippen LogP contribution is -2.37. The molecule has 1 heterocycles. The number of carbonyl (C=O) groups is 2. The summed E-state index contributed by atoms with van der Waals surface area (Å²) >= 11 is 1.04. The van der Waals surface area contributed by atoms with Gasteiger partial charge in [-0.3, -0.25) is 4.79 Å². The first-order valence-electron chi connectivity index (χ1n) is 7.20. The van der Waals surface area contributed by atoms with E-state index in [1.165, 1.54) is 6.07 Å². The summed E-state index contributed by atoms with van der Waals surface area (Å²) < 4.78 is 5.80. The van der Waals surface area contributed by atoms with Crippen LogP contribution < -0.4 is 10.1 Å². The third-order valence-electron chi connectivity index (χ3n) is 3.37. The van der Waals surface area contributed by atoms with Crippen molar-refractivity contribution in [1.82, 2.24) is 5.32 Å². The Morgan fingerprint density at radius 2 is 1.91 bits per heavy atom. The van der Waals surface area contributed by atoms with Gasteiger partial charge >= 0.3 is 5.97 Å². The van der Waals surface area contributed by atoms with Crippen molar-refractivity contribution < 1.29 is 19.4 Å². The summed E-state index contributed by atoms with van der Waals surface area (Å²) in [7, 11) is 0. The zero-order chi connectivity index (χ0) is 17.0. The van der Waals surface area contributed by atoms with Gasteiger partial charge in [-0.15, -0.1) is 11.3 Å². The lowest BCUT2D eigenvalue weighted by atomic mass is 10.1. The molecular formula is C17H19NO4S. The van der Waals surface area contributed by atoms with Crippen molar-refractivity contribution in [2.24, 2.45) is 0 Å². The fraction of sp³-hybridized carbons (Fsp3) is 0.294. The molecule has 122 valence electrons. The van der Waals surface area contributed by atoms with Gasteiger partial charge in [0.05, 0.1) is 11.6 Å². The molecule has 2 rings (SSSR count). The zero-order valence-corrected chi connectivity index (χ0v) is 14.1. The number of nitrogens with one attached hydrogen (secondary N) is 1. The average molecular weight is 333 g/mol. The second-order valence-corrected chi connectivity index (χ2v) is 6.29. The Labute approximate surface area is 138 Å². The van der Waals surface area contributed by atoms with Gasteiger partial charge in [0, 0.05) is 0 Å². The van der Waals surface area contributed by atoms with E-state index < -0.39 is 11.9 Å². The van der Waals surface area contributed by atoms with E-state index in [2.05, 4.69) is 5.32 Å². The molecule has 6 heteroatoms. The minimum absolute atomic E-state index is 0.0466. The van der Waals surface area contributed by atoms with Crippen LogP contribution in [-0.4, -0.2) is 29.6 Å². The van der Waals surface area contributed by atoms with E-state index >= 15 is 0 Å². The highest BCUT2D eigenvalue weighted by molar-refractivity contribution is 7.12. The Morgan fingerprint density at radius 3 is 2.52 bits per heavy atom. The first-order valence-corrected chi connectivity index (χ1v) is 8.08. The molecule has 1 unspecified atom stereocenters. The summed E-state index contributed by atoms with van der Waals surface area (Å²) in [6.45, 7) is 6.06. The lowest BCUT2D eigenvalue weighted by Gasteiger charge is -2.17. The number of para-hydroxylation sites is 1. The molecule has 0 radical (unpaired) electrons. The third kappa shape index (κ3) is 4.10. The van der Waals surface area contributed by atoms with Crippen LogP contribution in [0.2, 0.25) is 0 Å². The molecule has 0 saturated heterocycles. The number of aryl methyl sites for hydroxylation is 2. The summed E-state index contributed by atoms with van der Waals surface area (Å²) in [5.74, 6) is -0.679. The molecule has 5 nitrogen and oxygen atoms in total. The van der Waals surface area contributed by atoms with Crippen LogP contribution in [0.15, 0.2) is 29.6 Å². The summed E-state index contributed by atoms with van der Waals surface area (Å²) in [4.78, 5) is 23.3. The largest absolute Gasteiger partial charge is 0.491 e. The number of carbonyl (C=O) groups excluding carboxylic acids is 1. The van der Waals surface area contributed by atoms with Crippen molar-refractivity contribution in [1.29, 1.82) is 0 Å². The van der Waals surface area contributed by atoms with E-state index in [9.17, 15) is 9.59 Å². The first-order chi connectivity index (χ1) is 10.9. The average Bonchev–Trinajstić information content (AvgIpc) is 2.96. The summed E-state index contributed by atoms with van der Waals surface area (Å²) in [5, 5.41) is 13.4. The number of carboxylic acids is 1. The molecule has 0 bridgehead atoms. The van der Waals surface area contributed by atoms with Gasteiger partial charge in [0.1, 0.15) is 17.2 Å². The maximum Gasteiger partial charge on any atom is 0.346 e. The van der Waals surface area contributed by atoms with Gasteiger partial charge in [0.25, 0.3) is 5.91 Å². The number of aromatic carboxylic acids is 1. The van der Waals surface area contributed by atoms with Crippen molar-refractivity contribution in [2.45, 2.75) is 26.8 Å².